The lowest BCUT2D eigenvalue weighted by Crippen LogP contribution is -2.55. The number of rotatable bonds is 7. The first-order valence-electron chi connectivity index (χ1n) is 11.7. The average Bonchev–Trinajstić information content (AvgIpc) is 3.11. The SMILES string of the molecule is COCCn1c(=O)n(C2CCN(C(=O)C3CN(Cc4ccncc4)C3)CC2)c2ccccc21. The number of piperidine rings is 1. The van der Waals surface area contributed by atoms with Crippen LogP contribution in [0, 0.1) is 5.92 Å². The van der Waals surface area contributed by atoms with Crippen molar-refractivity contribution in [1.82, 2.24) is 23.9 Å². The number of methoxy groups -OCH3 is 1. The zero-order chi connectivity index (χ0) is 22.8. The number of carbonyl (C=O) groups is 1. The van der Waals surface area contributed by atoms with Gasteiger partial charge in [0, 0.05) is 58.3 Å². The van der Waals surface area contributed by atoms with E-state index in [0.717, 1.165) is 43.5 Å². The second-order valence-electron chi connectivity index (χ2n) is 9.09. The lowest BCUT2D eigenvalue weighted by Gasteiger charge is -2.42. The molecule has 2 aliphatic heterocycles. The Morgan fingerprint density at radius 3 is 2.45 bits per heavy atom. The molecule has 2 aromatic heterocycles. The maximum Gasteiger partial charge on any atom is 0.329 e. The number of nitrogens with zero attached hydrogens (tertiary/aromatic N) is 5. The van der Waals surface area contributed by atoms with Crippen molar-refractivity contribution in [2.24, 2.45) is 5.92 Å². The van der Waals surface area contributed by atoms with Crippen LogP contribution < -0.4 is 5.69 Å². The van der Waals surface area contributed by atoms with Gasteiger partial charge in [-0.15, -0.1) is 0 Å². The van der Waals surface area contributed by atoms with Crippen molar-refractivity contribution < 1.29 is 9.53 Å². The van der Waals surface area contributed by atoms with E-state index in [4.69, 9.17) is 4.74 Å². The molecule has 0 N–H and O–H groups in total. The number of carbonyl (C=O) groups excluding carboxylic acids is 1. The monoisotopic (exact) mass is 449 g/mol. The van der Waals surface area contributed by atoms with Crippen molar-refractivity contribution in [2.45, 2.75) is 32.0 Å². The molecule has 2 aliphatic rings. The predicted molar refractivity (Wildman–Crippen MR) is 126 cm³/mol. The van der Waals surface area contributed by atoms with Crippen LogP contribution >= 0.6 is 0 Å². The van der Waals surface area contributed by atoms with Crippen LogP contribution in [0.5, 0.6) is 0 Å². The lowest BCUT2D eigenvalue weighted by molar-refractivity contribution is -0.142. The van der Waals surface area contributed by atoms with Gasteiger partial charge in [0.2, 0.25) is 5.91 Å². The molecule has 0 unspecified atom stereocenters. The Hall–Kier alpha value is -2.97. The van der Waals surface area contributed by atoms with Crippen LogP contribution in [0.1, 0.15) is 24.4 Å². The molecule has 8 nitrogen and oxygen atoms in total. The lowest BCUT2D eigenvalue weighted by atomic mass is 9.95. The quantitative estimate of drug-likeness (QED) is 0.553. The van der Waals surface area contributed by atoms with Crippen LogP contribution in [0.25, 0.3) is 11.0 Å². The highest BCUT2D eigenvalue weighted by Crippen LogP contribution is 2.28. The van der Waals surface area contributed by atoms with Gasteiger partial charge in [-0.3, -0.25) is 23.8 Å². The number of likely N-dealkylation sites (tertiary alicyclic amines) is 2. The fourth-order valence-electron chi connectivity index (χ4n) is 5.19. The molecule has 3 aromatic rings. The van der Waals surface area contributed by atoms with E-state index < -0.39 is 0 Å². The number of fused-ring (bicyclic) bond motifs is 1. The van der Waals surface area contributed by atoms with Crippen LogP contribution in [0.4, 0.5) is 0 Å². The minimum atomic E-state index is 0.0174. The minimum Gasteiger partial charge on any atom is -0.383 e. The molecule has 8 heteroatoms. The topological polar surface area (TPSA) is 72.6 Å². The molecule has 1 aromatic carbocycles. The third kappa shape index (κ3) is 4.32. The van der Waals surface area contributed by atoms with Gasteiger partial charge in [0.15, 0.2) is 0 Å². The van der Waals surface area contributed by atoms with Gasteiger partial charge < -0.3 is 9.64 Å². The summed E-state index contributed by atoms with van der Waals surface area (Å²) < 4.78 is 8.95. The number of pyridine rings is 1. The van der Waals surface area contributed by atoms with Crippen LogP contribution in [0.15, 0.2) is 53.6 Å². The molecule has 2 saturated heterocycles. The largest absolute Gasteiger partial charge is 0.383 e. The van der Waals surface area contributed by atoms with Crippen molar-refractivity contribution in [3.8, 4) is 0 Å². The highest BCUT2D eigenvalue weighted by molar-refractivity contribution is 5.80. The highest BCUT2D eigenvalue weighted by Gasteiger charge is 2.37. The van der Waals surface area contributed by atoms with Crippen molar-refractivity contribution in [1.29, 1.82) is 0 Å². The van der Waals surface area contributed by atoms with Gasteiger partial charge in [0.25, 0.3) is 0 Å². The first-order valence-corrected chi connectivity index (χ1v) is 11.7. The van der Waals surface area contributed by atoms with Crippen LogP contribution in [-0.4, -0.2) is 69.7 Å². The third-order valence-electron chi connectivity index (χ3n) is 6.99. The number of benzene rings is 1. The van der Waals surface area contributed by atoms with Crippen LogP contribution in [-0.2, 0) is 22.6 Å². The molecule has 33 heavy (non-hydrogen) atoms. The molecular formula is C25H31N5O3. The molecule has 5 rings (SSSR count). The normalized spacial score (nSPS) is 18.0. The van der Waals surface area contributed by atoms with Gasteiger partial charge in [0.05, 0.1) is 30.1 Å². The van der Waals surface area contributed by atoms with Crippen molar-refractivity contribution >= 4 is 16.9 Å². The van der Waals surface area contributed by atoms with E-state index in [1.165, 1.54) is 5.56 Å². The summed E-state index contributed by atoms with van der Waals surface area (Å²) in [5, 5.41) is 0. The molecule has 2 fully saturated rings. The Morgan fingerprint density at radius 1 is 1.06 bits per heavy atom. The number of hydrogen-bond acceptors (Lipinski definition) is 5. The van der Waals surface area contributed by atoms with Gasteiger partial charge in [-0.1, -0.05) is 12.1 Å². The van der Waals surface area contributed by atoms with E-state index in [0.29, 0.717) is 26.2 Å². The van der Waals surface area contributed by atoms with Crippen molar-refractivity contribution in [2.75, 3.05) is 39.9 Å². The number of ether oxygens (including phenoxy) is 1. The number of para-hydroxylation sites is 2. The fourth-order valence-corrected chi connectivity index (χ4v) is 5.19. The molecule has 4 heterocycles. The smallest absolute Gasteiger partial charge is 0.329 e. The fraction of sp³-hybridized carbons (Fsp3) is 0.480. The summed E-state index contributed by atoms with van der Waals surface area (Å²) in [6.45, 7) is 4.94. The van der Waals surface area contributed by atoms with E-state index in [9.17, 15) is 9.59 Å². The van der Waals surface area contributed by atoms with Crippen LogP contribution in [0.3, 0.4) is 0 Å². The highest BCUT2D eigenvalue weighted by atomic mass is 16.5. The van der Waals surface area contributed by atoms with E-state index >= 15 is 0 Å². The van der Waals surface area contributed by atoms with Gasteiger partial charge in [-0.2, -0.15) is 0 Å². The van der Waals surface area contributed by atoms with E-state index in [1.807, 2.05) is 62.8 Å². The first kappa shape index (κ1) is 21.9. The summed E-state index contributed by atoms with van der Waals surface area (Å²) in [7, 11) is 1.65. The first-order chi connectivity index (χ1) is 16.2. The maximum atomic E-state index is 13.2. The average molecular weight is 450 g/mol. The molecule has 174 valence electrons. The zero-order valence-electron chi connectivity index (χ0n) is 19.1. The second-order valence-corrected chi connectivity index (χ2v) is 9.09. The number of hydrogen-bond donors (Lipinski definition) is 0. The summed E-state index contributed by atoms with van der Waals surface area (Å²) in [6.07, 6.45) is 5.22. The Labute approximate surface area is 193 Å². The maximum absolute atomic E-state index is 13.2. The summed E-state index contributed by atoms with van der Waals surface area (Å²) in [6, 6.07) is 12.1. The van der Waals surface area contributed by atoms with Gasteiger partial charge >= 0.3 is 5.69 Å². The molecule has 0 spiro atoms. The minimum absolute atomic E-state index is 0.0174. The Bertz CT molecular complexity index is 1160. The number of amides is 1. The van der Waals surface area contributed by atoms with Crippen molar-refractivity contribution in [3.63, 3.8) is 0 Å². The molecule has 0 radical (unpaired) electrons. The van der Waals surface area contributed by atoms with Gasteiger partial charge in [-0.25, -0.2) is 4.79 Å². The summed E-state index contributed by atoms with van der Waals surface area (Å²) in [5.41, 5.74) is 3.16. The molecule has 0 saturated carbocycles. The van der Waals surface area contributed by atoms with Gasteiger partial charge in [-0.05, 0) is 42.7 Å². The van der Waals surface area contributed by atoms with E-state index in [2.05, 4.69) is 9.88 Å². The molecule has 0 atom stereocenters. The number of imidazole rings is 1. The standard InChI is InChI=1S/C25H31N5O3/c1-33-15-14-29-22-4-2-3-5-23(22)30(25(29)32)21-8-12-28(13-9-21)24(31)20-17-27(18-20)16-19-6-10-26-11-7-19/h2-7,10-11,20-21H,8-9,12-18H2,1H3. The van der Waals surface area contributed by atoms with Crippen molar-refractivity contribution in [3.05, 3.63) is 64.8 Å². The Morgan fingerprint density at radius 2 is 1.76 bits per heavy atom. The zero-order valence-corrected chi connectivity index (χ0v) is 19.1. The predicted octanol–water partition coefficient (Wildman–Crippen LogP) is 2.14. The van der Waals surface area contributed by atoms with Crippen LogP contribution in [0.2, 0.25) is 0 Å². The van der Waals surface area contributed by atoms with Gasteiger partial charge in [0.1, 0.15) is 0 Å². The summed E-state index contributed by atoms with van der Waals surface area (Å²) in [5.74, 6) is 0.344. The molecular weight excluding hydrogens is 418 g/mol. The summed E-state index contributed by atoms with van der Waals surface area (Å²) >= 11 is 0. The second kappa shape index (κ2) is 9.49. The van der Waals surface area contributed by atoms with E-state index in [1.54, 1.807) is 7.11 Å². The molecule has 0 bridgehead atoms. The third-order valence-corrected chi connectivity index (χ3v) is 6.99. The summed E-state index contributed by atoms with van der Waals surface area (Å²) in [4.78, 5) is 34.6. The molecule has 1 amide bonds. The van der Waals surface area contributed by atoms with E-state index in [-0.39, 0.29) is 23.6 Å². The Balaban J connectivity index is 1.20. The molecule has 0 aliphatic carbocycles. The number of aromatic nitrogens is 3. The Kier molecular flexibility index (Phi) is 6.28.